The molecule has 3 saturated heterocycles. The molecule has 0 aliphatic carbocycles. The number of nitrogens with zero attached hydrogens (tertiary/aromatic N) is 2. The number of nitrogens with one attached hydrogen (secondary N) is 1. The minimum Gasteiger partial charge on any atom is -0.494 e. The maximum absolute atomic E-state index is 14.5. The molecule has 0 saturated carbocycles. The van der Waals surface area contributed by atoms with Crippen LogP contribution in [0.2, 0.25) is 0 Å². The second kappa shape index (κ2) is 5.68. The second-order valence-electron chi connectivity index (χ2n) is 5.53. The average Bonchev–Trinajstić information content (AvgIpc) is 2.51. The molecule has 4 nitrogen and oxygen atoms in total. The number of rotatable bonds is 4. The molecule has 0 radical (unpaired) electrons. The van der Waals surface area contributed by atoms with Crippen LogP contribution in [0.1, 0.15) is 11.6 Å². The number of hydrogen-bond donors (Lipinski definition) is 1. The summed E-state index contributed by atoms with van der Waals surface area (Å²) in [6.07, 6.45) is 0. The van der Waals surface area contributed by atoms with E-state index in [-0.39, 0.29) is 11.9 Å². The first kappa shape index (κ1) is 13.8. The molecular weight excluding hydrogens is 257 g/mol. The highest BCUT2D eigenvalue weighted by molar-refractivity contribution is 5.34. The lowest BCUT2D eigenvalue weighted by Gasteiger charge is -2.50. The van der Waals surface area contributed by atoms with Gasteiger partial charge in [0.1, 0.15) is 0 Å². The Bertz CT molecular complexity index is 474. The first-order chi connectivity index (χ1) is 9.74. The van der Waals surface area contributed by atoms with E-state index in [1.54, 1.807) is 6.07 Å². The largest absolute Gasteiger partial charge is 0.494 e. The molecule has 0 amide bonds. The van der Waals surface area contributed by atoms with Gasteiger partial charge in [-0.05, 0) is 13.1 Å². The van der Waals surface area contributed by atoms with Crippen molar-refractivity contribution in [3.05, 3.63) is 29.6 Å². The van der Waals surface area contributed by atoms with Gasteiger partial charge in [0.05, 0.1) is 13.2 Å². The van der Waals surface area contributed by atoms with E-state index in [1.165, 1.54) is 7.11 Å². The van der Waals surface area contributed by atoms with Gasteiger partial charge in [0, 0.05) is 44.3 Å². The third kappa shape index (κ3) is 2.30. The van der Waals surface area contributed by atoms with Crippen LogP contribution in [0.4, 0.5) is 4.39 Å². The fourth-order valence-corrected chi connectivity index (χ4v) is 3.45. The van der Waals surface area contributed by atoms with Crippen molar-refractivity contribution in [1.82, 2.24) is 15.1 Å². The summed E-state index contributed by atoms with van der Waals surface area (Å²) in [5.74, 6) is 0.0750. The van der Waals surface area contributed by atoms with Crippen LogP contribution < -0.4 is 10.1 Å². The number of piperazine rings is 3. The SMILES string of the molecule is CNC(c1cccc(OC)c1F)C1CN2CCN1CC2. The van der Waals surface area contributed by atoms with E-state index >= 15 is 0 Å². The molecule has 2 unspecified atom stereocenters. The van der Waals surface area contributed by atoms with E-state index in [4.69, 9.17) is 4.74 Å². The lowest BCUT2D eigenvalue weighted by Crippen LogP contribution is -2.63. The lowest BCUT2D eigenvalue weighted by atomic mass is 9.93. The van der Waals surface area contributed by atoms with E-state index in [2.05, 4.69) is 15.1 Å². The number of methoxy groups -OCH3 is 1. The van der Waals surface area contributed by atoms with Crippen LogP contribution >= 0.6 is 0 Å². The number of likely N-dealkylation sites (N-methyl/N-ethyl adjacent to an activating group) is 1. The van der Waals surface area contributed by atoms with E-state index in [9.17, 15) is 4.39 Å². The van der Waals surface area contributed by atoms with Gasteiger partial charge >= 0.3 is 0 Å². The summed E-state index contributed by atoms with van der Waals surface area (Å²) in [5.41, 5.74) is 0.700. The molecule has 3 heterocycles. The summed E-state index contributed by atoms with van der Waals surface area (Å²) in [6.45, 7) is 5.42. The molecule has 1 aromatic rings. The zero-order valence-corrected chi connectivity index (χ0v) is 12.1. The zero-order valence-electron chi connectivity index (χ0n) is 12.1. The Hall–Kier alpha value is -1.17. The average molecular weight is 279 g/mol. The van der Waals surface area contributed by atoms with Crippen molar-refractivity contribution in [2.75, 3.05) is 46.9 Å². The van der Waals surface area contributed by atoms with Gasteiger partial charge in [0.25, 0.3) is 0 Å². The summed E-state index contributed by atoms with van der Waals surface area (Å²) in [7, 11) is 3.41. The molecule has 0 spiro atoms. The summed E-state index contributed by atoms with van der Waals surface area (Å²) < 4.78 is 19.6. The molecule has 3 aliphatic rings. The predicted molar refractivity (Wildman–Crippen MR) is 76.6 cm³/mol. The quantitative estimate of drug-likeness (QED) is 0.893. The number of benzene rings is 1. The highest BCUT2D eigenvalue weighted by atomic mass is 19.1. The molecule has 3 fully saturated rings. The first-order valence-electron chi connectivity index (χ1n) is 7.20. The Morgan fingerprint density at radius 2 is 2.05 bits per heavy atom. The van der Waals surface area contributed by atoms with Crippen LogP contribution in [0.25, 0.3) is 0 Å². The minimum absolute atomic E-state index is 0.00630. The maximum Gasteiger partial charge on any atom is 0.169 e. The summed E-state index contributed by atoms with van der Waals surface area (Å²) in [4.78, 5) is 4.94. The Balaban J connectivity index is 1.90. The maximum atomic E-state index is 14.5. The van der Waals surface area contributed by atoms with Crippen molar-refractivity contribution in [3.8, 4) is 5.75 Å². The number of ether oxygens (including phenoxy) is 1. The number of hydrogen-bond acceptors (Lipinski definition) is 4. The molecular formula is C15H22FN3O. The predicted octanol–water partition coefficient (Wildman–Crippen LogP) is 1.09. The summed E-state index contributed by atoms with van der Waals surface area (Å²) in [5, 5.41) is 3.30. The fraction of sp³-hybridized carbons (Fsp3) is 0.600. The molecule has 110 valence electrons. The highest BCUT2D eigenvalue weighted by Gasteiger charge is 2.37. The van der Waals surface area contributed by atoms with Crippen molar-refractivity contribution >= 4 is 0 Å². The van der Waals surface area contributed by atoms with Gasteiger partial charge < -0.3 is 10.1 Å². The third-order valence-corrected chi connectivity index (χ3v) is 4.57. The smallest absolute Gasteiger partial charge is 0.169 e. The van der Waals surface area contributed by atoms with Crippen LogP contribution in [0.5, 0.6) is 5.75 Å². The number of fused-ring (bicyclic) bond motifs is 3. The first-order valence-corrected chi connectivity index (χ1v) is 7.20. The lowest BCUT2D eigenvalue weighted by molar-refractivity contribution is -0.00308. The number of halogens is 1. The van der Waals surface area contributed by atoms with Gasteiger partial charge in [-0.2, -0.15) is 0 Å². The van der Waals surface area contributed by atoms with Gasteiger partial charge in [-0.25, -0.2) is 4.39 Å². The van der Waals surface area contributed by atoms with Crippen LogP contribution in [0, 0.1) is 5.82 Å². The summed E-state index contributed by atoms with van der Waals surface area (Å²) >= 11 is 0. The van der Waals surface area contributed by atoms with Crippen molar-refractivity contribution in [2.45, 2.75) is 12.1 Å². The van der Waals surface area contributed by atoms with Crippen LogP contribution in [0.15, 0.2) is 18.2 Å². The van der Waals surface area contributed by atoms with Crippen LogP contribution in [-0.2, 0) is 0 Å². The van der Waals surface area contributed by atoms with Gasteiger partial charge in [-0.3, -0.25) is 9.80 Å². The van der Waals surface area contributed by atoms with Crippen LogP contribution in [0.3, 0.4) is 0 Å². The topological polar surface area (TPSA) is 27.7 Å². The van der Waals surface area contributed by atoms with E-state index in [1.807, 2.05) is 19.2 Å². The molecule has 4 rings (SSSR count). The van der Waals surface area contributed by atoms with E-state index in [0.29, 0.717) is 17.4 Å². The standard InChI is InChI=1S/C15H22FN3O/c1-17-15(11-4-3-5-13(20-2)14(11)16)12-10-18-6-8-19(12)9-7-18/h3-5,12,15,17H,6-10H2,1-2H3. The molecule has 1 aromatic carbocycles. The van der Waals surface area contributed by atoms with E-state index < -0.39 is 0 Å². The second-order valence-corrected chi connectivity index (χ2v) is 5.53. The molecule has 2 atom stereocenters. The molecule has 3 aliphatic heterocycles. The van der Waals surface area contributed by atoms with Crippen molar-refractivity contribution in [2.24, 2.45) is 0 Å². The van der Waals surface area contributed by atoms with Crippen molar-refractivity contribution < 1.29 is 9.13 Å². The minimum atomic E-state index is -0.244. The zero-order chi connectivity index (χ0) is 14.1. The van der Waals surface area contributed by atoms with E-state index in [0.717, 1.165) is 32.7 Å². The van der Waals surface area contributed by atoms with Gasteiger partial charge in [-0.15, -0.1) is 0 Å². The van der Waals surface area contributed by atoms with Crippen molar-refractivity contribution in [3.63, 3.8) is 0 Å². The molecule has 1 N–H and O–H groups in total. The monoisotopic (exact) mass is 279 g/mol. The van der Waals surface area contributed by atoms with Crippen molar-refractivity contribution in [1.29, 1.82) is 0 Å². The molecule has 5 heteroatoms. The van der Waals surface area contributed by atoms with Gasteiger partial charge in [0.2, 0.25) is 0 Å². The Morgan fingerprint density at radius 1 is 1.30 bits per heavy atom. The Morgan fingerprint density at radius 3 is 2.60 bits per heavy atom. The molecule has 2 bridgehead atoms. The summed E-state index contributed by atoms with van der Waals surface area (Å²) in [6, 6.07) is 5.70. The molecule has 20 heavy (non-hydrogen) atoms. The highest BCUT2D eigenvalue weighted by Crippen LogP contribution is 2.31. The third-order valence-electron chi connectivity index (χ3n) is 4.57. The normalized spacial score (nSPS) is 30.2. The van der Waals surface area contributed by atoms with Gasteiger partial charge in [-0.1, -0.05) is 12.1 Å². The van der Waals surface area contributed by atoms with Crippen LogP contribution in [-0.4, -0.2) is 62.7 Å². The fourth-order valence-electron chi connectivity index (χ4n) is 3.45. The molecule has 0 aromatic heterocycles. The van der Waals surface area contributed by atoms with Gasteiger partial charge in [0.15, 0.2) is 11.6 Å². The Kier molecular flexibility index (Phi) is 3.92. The Labute approximate surface area is 119 Å².